The zero-order valence-electron chi connectivity index (χ0n) is 21.0. The van der Waals surface area contributed by atoms with Gasteiger partial charge in [-0.3, -0.25) is 9.00 Å². The Hall–Kier alpha value is -1.37. The molecule has 1 aliphatic heterocycles. The molecule has 2 fully saturated rings. The first-order chi connectivity index (χ1) is 17.0. The van der Waals surface area contributed by atoms with Gasteiger partial charge in [-0.25, -0.2) is 0 Å². The third-order valence-electron chi connectivity index (χ3n) is 6.31. The lowest BCUT2D eigenvalue weighted by Gasteiger charge is -2.44. The summed E-state index contributed by atoms with van der Waals surface area (Å²) in [4.78, 5) is 15.4. The van der Waals surface area contributed by atoms with Gasteiger partial charge in [0.25, 0.3) is 5.91 Å². The Balaban J connectivity index is 0.000000383. The van der Waals surface area contributed by atoms with Crippen LogP contribution in [-0.2, 0) is 20.3 Å². The van der Waals surface area contributed by atoms with Crippen molar-refractivity contribution in [3.63, 3.8) is 0 Å². The van der Waals surface area contributed by atoms with E-state index in [0.29, 0.717) is 39.8 Å². The normalized spacial score (nSPS) is 21.8. The number of carbonyl (C=O) groups excluding carboxylic acids is 1. The van der Waals surface area contributed by atoms with Crippen LogP contribution in [0.5, 0.6) is 0 Å². The second-order valence-electron chi connectivity index (χ2n) is 10.1. The molecule has 1 saturated carbocycles. The lowest BCUT2D eigenvalue weighted by atomic mass is 9.98. The Kier molecular flexibility index (Phi) is 10.5. The van der Waals surface area contributed by atoms with Gasteiger partial charge in [-0.2, -0.15) is 0 Å². The topological polar surface area (TPSA) is 46.6 Å². The highest BCUT2D eigenvalue weighted by Gasteiger charge is 2.46. The largest absolute Gasteiger partial charge is 0.366 e. The molecule has 0 radical (unpaired) electrons. The van der Waals surface area contributed by atoms with Gasteiger partial charge >= 0.3 is 0 Å². The molecular weight excluding hydrogens is 537 g/mol. The van der Waals surface area contributed by atoms with Crippen molar-refractivity contribution in [2.24, 2.45) is 5.92 Å². The fourth-order valence-corrected chi connectivity index (χ4v) is 5.74. The summed E-state index contributed by atoms with van der Waals surface area (Å²) in [6.07, 6.45) is 3.86. The van der Waals surface area contributed by atoms with Crippen LogP contribution in [0.4, 0.5) is 0 Å². The molecule has 36 heavy (non-hydrogen) atoms. The van der Waals surface area contributed by atoms with Crippen LogP contribution in [0.25, 0.3) is 0 Å². The number of rotatable bonds is 7. The van der Waals surface area contributed by atoms with Crippen LogP contribution in [0.1, 0.15) is 51.6 Å². The Morgan fingerprint density at radius 3 is 2.14 bits per heavy atom. The van der Waals surface area contributed by atoms with E-state index in [4.69, 9.17) is 39.5 Å². The van der Waals surface area contributed by atoms with Gasteiger partial charge in [-0.15, -0.1) is 6.58 Å². The van der Waals surface area contributed by atoms with Gasteiger partial charge < -0.3 is 9.64 Å². The van der Waals surface area contributed by atoms with Gasteiger partial charge in [0.2, 0.25) is 0 Å². The van der Waals surface area contributed by atoms with Gasteiger partial charge in [0, 0.05) is 38.8 Å². The second kappa shape index (κ2) is 12.9. The zero-order valence-corrected chi connectivity index (χ0v) is 24.0. The van der Waals surface area contributed by atoms with Crippen molar-refractivity contribution in [3.8, 4) is 0 Å². The fourth-order valence-electron chi connectivity index (χ4n) is 4.10. The summed E-state index contributed by atoms with van der Waals surface area (Å²) in [5.74, 6) is 0.895. The summed E-state index contributed by atoms with van der Waals surface area (Å²) in [6.45, 7) is 10.2. The SMILES string of the molecule is C=CCC1OCC(c2ccc(Cl)cc2)N(C(CS(=O)C(C)(C)C)C2CC2)C1=O.Clc1ccccc1Cl. The standard InChI is InChI=1S/C22H30ClNO3S.C6H4Cl2/c1-5-6-20-21(25)24(18(13-27-20)15-9-11-17(23)12-10-15)19(16-7-8-16)14-28(26)22(2,3)4;7-5-3-1-2-4-6(5)8/h5,9-12,16,18-20H,1,6-8,13-14H2,2-4H3;1-4H. The van der Waals surface area contributed by atoms with Crippen LogP contribution in [0.3, 0.4) is 0 Å². The van der Waals surface area contributed by atoms with Crippen LogP contribution in [0.15, 0.2) is 61.2 Å². The highest BCUT2D eigenvalue weighted by molar-refractivity contribution is 7.86. The number of nitrogens with zero attached hydrogens (tertiary/aromatic N) is 1. The van der Waals surface area contributed by atoms with E-state index in [1.165, 1.54) is 0 Å². The predicted octanol–water partition coefficient (Wildman–Crippen LogP) is 7.50. The molecule has 0 spiro atoms. The number of carbonyl (C=O) groups is 1. The van der Waals surface area contributed by atoms with Gasteiger partial charge in [-0.1, -0.05) is 65.1 Å². The van der Waals surface area contributed by atoms with Crippen molar-refractivity contribution in [2.75, 3.05) is 12.4 Å². The molecule has 4 atom stereocenters. The molecule has 196 valence electrons. The van der Waals surface area contributed by atoms with E-state index < -0.39 is 16.9 Å². The van der Waals surface area contributed by atoms with E-state index in [2.05, 4.69) is 6.58 Å². The van der Waals surface area contributed by atoms with Gasteiger partial charge in [0.05, 0.1) is 22.7 Å². The smallest absolute Gasteiger partial charge is 0.252 e. The molecule has 2 aromatic rings. The summed E-state index contributed by atoms with van der Waals surface area (Å²) in [5, 5.41) is 1.87. The number of ether oxygens (including phenoxy) is 1. The third-order valence-corrected chi connectivity index (χ3v) is 9.33. The summed E-state index contributed by atoms with van der Waals surface area (Å²) in [7, 11) is -1.03. The Morgan fingerprint density at radius 2 is 1.67 bits per heavy atom. The highest BCUT2D eigenvalue weighted by atomic mass is 35.5. The van der Waals surface area contributed by atoms with E-state index in [1.54, 1.807) is 18.2 Å². The molecule has 4 nitrogen and oxygen atoms in total. The maximum atomic E-state index is 13.4. The summed E-state index contributed by atoms with van der Waals surface area (Å²) < 4.78 is 18.6. The average Bonchev–Trinajstić information content (AvgIpc) is 3.67. The molecule has 4 unspecified atom stereocenters. The lowest BCUT2D eigenvalue weighted by molar-refractivity contribution is -0.163. The summed E-state index contributed by atoms with van der Waals surface area (Å²) in [5.41, 5.74) is 1.00. The second-order valence-corrected chi connectivity index (χ2v) is 13.6. The number of hydrogen-bond acceptors (Lipinski definition) is 3. The molecule has 4 rings (SSSR count). The molecule has 1 amide bonds. The average molecular weight is 571 g/mol. The van der Waals surface area contributed by atoms with E-state index in [1.807, 2.05) is 62.1 Å². The molecule has 8 heteroatoms. The molecular formula is C28H34Cl3NO3S. The Bertz CT molecular complexity index is 1050. The number of amides is 1. The van der Waals surface area contributed by atoms with Crippen LogP contribution >= 0.6 is 34.8 Å². The fraction of sp³-hybridized carbons (Fsp3) is 0.464. The van der Waals surface area contributed by atoms with Gasteiger partial charge in [0.1, 0.15) is 6.10 Å². The first-order valence-electron chi connectivity index (χ1n) is 12.1. The molecule has 1 aliphatic carbocycles. The maximum Gasteiger partial charge on any atom is 0.252 e. The van der Waals surface area contributed by atoms with E-state index in [9.17, 15) is 9.00 Å². The van der Waals surface area contributed by atoms with Crippen molar-refractivity contribution in [1.29, 1.82) is 0 Å². The minimum absolute atomic E-state index is 0.0195. The first kappa shape index (κ1) is 29.2. The number of hydrogen-bond donors (Lipinski definition) is 0. The van der Waals surface area contributed by atoms with Crippen LogP contribution in [0, 0.1) is 5.92 Å². The highest BCUT2D eigenvalue weighted by Crippen LogP contribution is 2.42. The van der Waals surface area contributed by atoms with E-state index >= 15 is 0 Å². The van der Waals surface area contributed by atoms with Gasteiger partial charge in [-0.05, 0) is 69.4 Å². The molecule has 0 aromatic heterocycles. The minimum atomic E-state index is -1.03. The van der Waals surface area contributed by atoms with Crippen molar-refractivity contribution in [2.45, 2.75) is 63.0 Å². The quantitative estimate of drug-likeness (QED) is 0.324. The molecule has 1 saturated heterocycles. The summed E-state index contributed by atoms with van der Waals surface area (Å²) >= 11 is 17.2. The van der Waals surface area contributed by atoms with Crippen molar-refractivity contribution >= 4 is 51.5 Å². The third kappa shape index (κ3) is 7.82. The minimum Gasteiger partial charge on any atom is -0.366 e. The molecule has 1 heterocycles. The Labute approximate surface area is 232 Å². The summed E-state index contributed by atoms with van der Waals surface area (Å²) in [6, 6.07) is 14.6. The van der Waals surface area contributed by atoms with Crippen molar-refractivity contribution in [1.82, 2.24) is 4.90 Å². The van der Waals surface area contributed by atoms with Crippen LogP contribution in [-0.4, -0.2) is 44.3 Å². The number of halogens is 3. The zero-order chi connectivity index (χ0) is 26.5. The molecule has 2 aliphatic rings. The van der Waals surface area contributed by atoms with Crippen LogP contribution < -0.4 is 0 Å². The number of benzene rings is 2. The predicted molar refractivity (Wildman–Crippen MR) is 151 cm³/mol. The number of morpholine rings is 1. The van der Waals surface area contributed by atoms with Gasteiger partial charge in [0.15, 0.2) is 0 Å². The Morgan fingerprint density at radius 1 is 1.08 bits per heavy atom. The lowest BCUT2D eigenvalue weighted by Crippen LogP contribution is -2.56. The van der Waals surface area contributed by atoms with Crippen molar-refractivity contribution < 1.29 is 13.7 Å². The monoisotopic (exact) mass is 569 g/mol. The van der Waals surface area contributed by atoms with E-state index in [0.717, 1.165) is 18.4 Å². The molecule has 2 aromatic carbocycles. The maximum absolute atomic E-state index is 13.4. The first-order valence-corrected chi connectivity index (χ1v) is 14.6. The molecule has 0 bridgehead atoms. The molecule has 0 N–H and O–H groups in total. The van der Waals surface area contributed by atoms with Crippen LogP contribution in [0.2, 0.25) is 15.1 Å². The van der Waals surface area contributed by atoms with E-state index in [-0.39, 0.29) is 22.7 Å². The van der Waals surface area contributed by atoms with Crippen molar-refractivity contribution in [3.05, 3.63) is 81.8 Å².